The highest BCUT2D eigenvalue weighted by molar-refractivity contribution is 5.86. The number of nitrogens with one attached hydrogen (secondary N) is 2. The lowest BCUT2D eigenvalue weighted by molar-refractivity contribution is -0.118. The average Bonchev–Trinajstić information content (AvgIpc) is 2.14. The van der Waals surface area contributed by atoms with E-state index < -0.39 is 0 Å². The second-order valence-electron chi connectivity index (χ2n) is 2.01. The third-order valence-electron chi connectivity index (χ3n) is 0.845. The fraction of sp³-hybridized carbons (Fsp3) is 0.625. The number of rotatable bonds is 4. The molecule has 0 atom stereocenters. The van der Waals surface area contributed by atoms with Gasteiger partial charge in [0.05, 0.1) is 12.3 Å². The van der Waals surface area contributed by atoms with Crippen molar-refractivity contribution in [1.82, 2.24) is 10.7 Å². The lowest BCUT2D eigenvalue weighted by Gasteiger charge is -1.97. The Morgan fingerprint density at radius 2 is 1.92 bits per heavy atom. The van der Waals surface area contributed by atoms with E-state index in [1.54, 1.807) is 6.92 Å². The second kappa shape index (κ2) is 10.6. The van der Waals surface area contributed by atoms with E-state index in [2.05, 4.69) is 15.8 Å². The normalized spacial score (nSPS) is 9.38. The Morgan fingerprint density at radius 3 is 2.31 bits per heavy atom. The fourth-order valence-corrected chi connectivity index (χ4v) is 0.403. The van der Waals surface area contributed by atoms with Gasteiger partial charge >= 0.3 is 0 Å². The van der Waals surface area contributed by atoms with Crippen molar-refractivity contribution in [3.05, 3.63) is 0 Å². The van der Waals surface area contributed by atoms with Gasteiger partial charge in [-0.3, -0.25) is 9.59 Å². The summed E-state index contributed by atoms with van der Waals surface area (Å²) in [6, 6.07) is 0. The summed E-state index contributed by atoms with van der Waals surface area (Å²) in [5.74, 6) is -0.226. The molecule has 2 N–H and O–H groups in total. The van der Waals surface area contributed by atoms with Gasteiger partial charge in [-0.25, -0.2) is 5.43 Å². The van der Waals surface area contributed by atoms with Crippen molar-refractivity contribution < 1.29 is 9.59 Å². The van der Waals surface area contributed by atoms with Crippen molar-refractivity contribution in [2.75, 3.05) is 6.54 Å². The van der Waals surface area contributed by atoms with Gasteiger partial charge in [0.25, 0.3) is 0 Å². The van der Waals surface area contributed by atoms with Crippen LogP contribution in [-0.2, 0) is 9.59 Å². The molecule has 0 aliphatic carbocycles. The molecule has 0 aromatic heterocycles. The zero-order chi connectivity index (χ0) is 10.7. The molecule has 0 rings (SSSR count). The van der Waals surface area contributed by atoms with Crippen molar-refractivity contribution >= 4 is 18.0 Å². The van der Waals surface area contributed by atoms with Gasteiger partial charge in [-0.1, -0.05) is 13.8 Å². The van der Waals surface area contributed by atoms with Crippen molar-refractivity contribution in [2.24, 2.45) is 5.10 Å². The molecule has 76 valence electrons. The minimum Gasteiger partial charge on any atom is -0.353 e. The van der Waals surface area contributed by atoms with Gasteiger partial charge in [0.15, 0.2) is 0 Å². The molecule has 0 aromatic carbocycles. The molecule has 0 aromatic rings. The van der Waals surface area contributed by atoms with Gasteiger partial charge in [0.2, 0.25) is 12.3 Å². The number of amides is 2. The molecule has 0 spiro atoms. The van der Waals surface area contributed by atoms with Gasteiger partial charge in [-0.05, 0) is 6.92 Å². The van der Waals surface area contributed by atoms with Crippen LogP contribution in [0.2, 0.25) is 0 Å². The standard InChI is InChI=1S/C6H11N3O2.C2H6/c1-5(3-7-4-10)8-9-6(2)11;1-2/h4H,3H2,1-2H3,(H,7,10)(H,9,11);1-2H3/b8-5+;. The Hall–Kier alpha value is -1.39. The highest BCUT2D eigenvalue weighted by atomic mass is 16.2. The predicted molar refractivity (Wildman–Crippen MR) is 52.3 cm³/mol. The molecule has 0 aliphatic rings. The minimum atomic E-state index is -0.226. The van der Waals surface area contributed by atoms with Crippen LogP contribution >= 0.6 is 0 Å². The number of hydrogen-bond acceptors (Lipinski definition) is 3. The summed E-state index contributed by atoms with van der Waals surface area (Å²) in [6.45, 7) is 7.42. The molecular formula is C8H17N3O2. The Labute approximate surface area is 78.6 Å². The van der Waals surface area contributed by atoms with Crippen molar-refractivity contribution in [3.63, 3.8) is 0 Å². The monoisotopic (exact) mass is 187 g/mol. The van der Waals surface area contributed by atoms with Crippen LogP contribution in [0.25, 0.3) is 0 Å². The maximum absolute atomic E-state index is 10.3. The van der Waals surface area contributed by atoms with Gasteiger partial charge in [-0.2, -0.15) is 5.10 Å². The number of carbonyl (C=O) groups excluding carboxylic acids is 2. The van der Waals surface area contributed by atoms with Crippen LogP contribution in [-0.4, -0.2) is 24.6 Å². The number of hydrazone groups is 1. The maximum atomic E-state index is 10.3. The van der Waals surface area contributed by atoms with E-state index in [0.29, 0.717) is 18.7 Å². The van der Waals surface area contributed by atoms with Crippen molar-refractivity contribution in [3.8, 4) is 0 Å². The smallest absolute Gasteiger partial charge is 0.236 e. The third kappa shape index (κ3) is 13.6. The van der Waals surface area contributed by atoms with Crippen molar-refractivity contribution in [2.45, 2.75) is 27.7 Å². The molecule has 0 saturated heterocycles. The first-order valence-electron chi connectivity index (χ1n) is 4.13. The topological polar surface area (TPSA) is 70.6 Å². The van der Waals surface area contributed by atoms with Gasteiger partial charge in [-0.15, -0.1) is 0 Å². The summed E-state index contributed by atoms with van der Waals surface area (Å²) in [7, 11) is 0. The van der Waals surface area contributed by atoms with E-state index in [9.17, 15) is 9.59 Å². The molecule has 5 nitrogen and oxygen atoms in total. The van der Waals surface area contributed by atoms with Crippen LogP contribution in [0.4, 0.5) is 0 Å². The number of nitrogens with zero attached hydrogens (tertiary/aromatic N) is 1. The van der Waals surface area contributed by atoms with E-state index in [0.717, 1.165) is 0 Å². The molecule has 0 aliphatic heterocycles. The largest absolute Gasteiger partial charge is 0.353 e. The second-order valence-corrected chi connectivity index (χ2v) is 2.01. The predicted octanol–water partition coefficient (Wildman–Crippen LogP) is 0.271. The van der Waals surface area contributed by atoms with Gasteiger partial charge in [0.1, 0.15) is 0 Å². The summed E-state index contributed by atoms with van der Waals surface area (Å²) in [5.41, 5.74) is 2.89. The molecule has 2 amide bonds. The first kappa shape index (κ1) is 14.2. The average molecular weight is 187 g/mol. The van der Waals surface area contributed by atoms with Crippen LogP contribution in [0, 0.1) is 0 Å². The lowest BCUT2D eigenvalue weighted by Crippen LogP contribution is -2.23. The SMILES string of the molecule is CC.CC(=O)N/N=C(\C)CNC=O. The molecule has 0 fully saturated rings. The molecular weight excluding hydrogens is 170 g/mol. The first-order chi connectivity index (χ1) is 6.16. The Kier molecular flexibility index (Phi) is 11.6. The van der Waals surface area contributed by atoms with E-state index >= 15 is 0 Å². The van der Waals surface area contributed by atoms with Crippen molar-refractivity contribution in [1.29, 1.82) is 0 Å². The zero-order valence-corrected chi connectivity index (χ0v) is 8.55. The molecule has 0 unspecified atom stereocenters. The van der Waals surface area contributed by atoms with Crippen LogP contribution in [0.1, 0.15) is 27.7 Å². The number of carbonyl (C=O) groups is 2. The molecule has 13 heavy (non-hydrogen) atoms. The number of hydrogen-bond donors (Lipinski definition) is 2. The van der Waals surface area contributed by atoms with E-state index in [-0.39, 0.29) is 5.91 Å². The fourth-order valence-electron chi connectivity index (χ4n) is 0.403. The Bertz CT molecular complexity index is 178. The maximum Gasteiger partial charge on any atom is 0.236 e. The summed E-state index contributed by atoms with van der Waals surface area (Å²) < 4.78 is 0. The molecule has 5 heteroatoms. The molecule has 0 bridgehead atoms. The zero-order valence-electron chi connectivity index (χ0n) is 8.55. The van der Waals surface area contributed by atoms with E-state index in [4.69, 9.17) is 0 Å². The Balaban J connectivity index is 0. The quantitative estimate of drug-likeness (QED) is 0.377. The first-order valence-corrected chi connectivity index (χ1v) is 4.13. The lowest BCUT2D eigenvalue weighted by atomic mass is 10.4. The highest BCUT2D eigenvalue weighted by Gasteiger charge is 1.89. The third-order valence-corrected chi connectivity index (χ3v) is 0.845. The van der Waals surface area contributed by atoms with E-state index in [1.165, 1.54) is 6.92 Å². The van der Waals surface area contributed by atoms with Gasteiger partial charge < -0.3 is 5.32 Å². The Morgan fingerprint density at radius 1 is 1.38 bits per heavy atom. The van der Waals surface area contributed by atoms with Crippen LogP contribution in [0.3, 0.4) is 0 Å². The van der Waals surface area contributed by atoms with Crippen LogP contribution < -0.4 is 10.7 Å². The summed E-state index contributed by atoms with van der Waals surface area (Å²) in [6.07, 6.45) is 0.576. The van der Waals surface area contributed by atoms with Gasteiger partial charge in [0, 0.05) is 6.92 Å². The minimum absolute atomic E-state index is 0.226. The summed E-state index contributed by atoms with van der Waals surface area (Å²) in [4.78, 5) is 20.1. The molecule has 0 radical (unpaired) electrons. The molecule has 0 heterocycles. The van der Waals surface area contributed by atoms with E-state index in [1.807, 2.05) is 13.8 Å². The highest BCUT2D eigenvalue weighted by Crippen LogP contribution is 1.71. The summed E-state index contributed by atoms with van der Waals surface area (Å²) >= 11 is 0. The molecule has 0 saturated carbocycles. The summed E-state index contributed by atoms with van der Waals surface area (Å²) in [5, 5.41) is 6.07. The van der Waals surface area contributed by atoms with Crippen LogP contribution in [0.5, 0.6) is 0 Å². The van der Waals surface area contributed by atoms with Crippen LogP contribution in [0.15, 0.2) is 5.10 Å².